The molecule has 2 fully saturated rings. The van der Waals surface area contributed by atoms with Crippen LogP contribution in [-0.2, 0) is 4.79 Å². The van der Waals surface area contributed by atoms with E-state index in [1.807, 2.05) is 4.90 Å². The largest absolute Gasteiger partial charge is 0.357 e. The van der Waals surface area contributed by atoms with Crippen LogP contribution in [0.3, 0.4) is 0 Å². The average Bonchev–Trinajstić information content (AvgIpc) is 3.18. The Labute approximate surface area is 160 Å². The zero-order chi connectivity index (χ0) is 18.9. The Bertz CT molecular complexity index is 447. The maximum atomic E-state index is 11.6. The van der Waals surface area contributed by atoms with Crippen molar-refractivity contribution in [3.05, 3.63) is 0 Å². The Morgan fingerprint density at radius 3 is 2.04 bits per heavy atom. The summed E-state index contributed by atoms with van der Waals surface area (Å²) in [6.07, 6.45) is 5.10. The van der Waals surface area contributed by atoms with Crippen molar-refractivity contribution in [3.63, 3.8) is 0 Å². The highest BCUT2D eigenvalue weighted by Gasteiger charge is 2.28. The number of nitrogens with one attached hydrogen (secondary N) is 1. The third kappa shape index (κ3) is 5.60. The zero-order valence-corrected chi connectivity index (χ0v) is 17.3. The van der Waals surface area contributed by atoms with Gasteiger partial charge in [0.15, 0.2) is 5.96 Å². The van der Waals surface area contributed by atoms with E-state index in [1.54, 1.807) is 6.92 Å². The minimum absolute atomic E-state index is 0.175. The maximum absolute atomic E-state index is 11.6. The van der Waals surface area contributed by atoms with Crippen LogP contribution >= 0.6 is 0 Å². The predicted molar refractivity (Wildman–Crippen MR) is 108 cm³/mol. The second-order valence-corrected chi connectivity index (χ2v) is 7.57. The fourth-order valence-electron chi connectivity index (χ4n) is 4.31. The summed E-state index contributed by atoms with van der Waals surface area (Å²) in [6.45, 7) is 15.9. The van der Waals surface area contributed by atoms with Gasteiger partial charge in [-0.3, -0.25) is 14.7 Å². The summed E-state index contributed by atoms with van der Waals surface area (Å²) in [7, 11) is 0. The third-order valence-electron chi connectivity index (χ3n) is 5.99. The highest BCUT2D eigenvalue weighted by atomic mass is 16.2. The molecule has 2 aliphatic heterocycles. The molecule has 2 aliphatic rings. The molecule has 0 aromatic rings. The summed E-state index contributed by atoms with van der Waals surface area (Å²) in [4.78, 5) is 23.5. The topological polar surface area (TPSA) is 51.2 Å². The second-order valence-electron chi connectivity index (χ2n) is 7.57. The average molecular weight is 366 g/mol. The van der Waals surface area contributed by atoms with Crippen LogP contribution in [0.5, 0.6) is 0 Å². The molecule has 1 unspecified atom stereocenters. The number of aliphatic imine (C=N–C) groups is 1. The molecule has 26 heavy (non-hydrogen) atoms. The third-order valence-corrected chi connectivity index (χ3v) is 5.99. The number of hydrogen-bond donors (Lipinski definition) is 1. The minimum atomic E-state index is 0.175. The molecule has 1 amide bonds. The fourth-order valence-corrected chi connectivity index (χ4v) is 4.31. The second kappa shape index (κ2) is 10.8. The van der Waals surface area contributed by atoms with E-state index in [9.17, 15) is 4.79 Å². The lowest BCUT2D eigenvalue weighted by Crippen LogP contribution is -2.53. The van der Waals surface area contributed by atoms with E-state index < -0.39 is 0 Å². The first kappa shape index (κ1) is 21.0. The molecule has 6 heteroatoms. The molecule has 150 valence electrons. The molecule has 0 aromatic carbocycles. The van der Waals surface area contributed by atoms with Crippen LogP contribution < -0.4 is 5.32 Å². The molecular formula is C20H39N5O. The van der Waals surface area contributed by atoms with E-state index in [1.165, 1.54) is 38.8 Å². The van der Waals surface area contributed by atoms with Crippen molar-refractivity contribution in [1.82, 2.24) is 20.0 Å². The van der Waals surface area contributed by atoms with E-state index in [4.69, 9.17) is 4.99 Å². The smallest absolute Gasteiger partial charge is 0.219 e. The molecule has 0 aromatic heterocycles. The molecule has 1 N–H and O–H groups in total. The molecule has 0 saturated carbocycles. The number of carbonyl (C=O) groups is 1. The molecule has 0 aliphatic carbocycles. The lowest BCUT2D eigenvalue weighted by atomic mass is 9.93. The number of piperazine rings is 1. The molecule has 1 atom stereocenters. The van der Waals surface area contributed by atoms with Gasteiger partial charge < -0.3 is 15.1 Å². The Morgan fingerprint density at radius 2 is 1.54 bits per heavy atom. The highest BCUT2D eigenvalue weighted by molar-refractivity contribution is 5.80. The first-order valence-corrected chi connectivity index (χ1v) is 10.6. The first-order chi connectivity index (χ1) is 12.6. The molecular weight excluding hydrogens is 326 g/mol. The van der Waals surface area contributed by atoms with E-state index in [0.717, 1.165) is 45.2 Å². The Kier molecular flexibility index (Phi) is 8.69. The van der Waals surface area contributed by atoms with Crippen LogP contribution in [0.15, 0.2) is 4.99 Å². The molecule has 2 rings (SSSR count). The molecule has 0 radical (unpaired) electrons. The van der Waals surface area contributed by atoms with E-state index in [0.29, 0.717) is 12.0 Å². The lowest BCUT2D eigenvalue weighted by Gasteiger charge is -2.37. The van der Waals surface area contributed by atoms with Crippen molar-refractivity contribution >= 4 is 11.9 Å². The number of nitrogens with zero attached hydrogens (tertiary/aromatic N) is 4. The minimum Gasteiger partial charge on any atom is -0.357 e. The van der Waals surface area contributed by atoms with Gasteiger partial charge in [0.25, 0.3) is 0 Å². The van der Waals surface area contributed by atoms with Crippen molar-refractivity contribution < 1.29 is 4.79 Å². The molecule has 2 saturated heterocycles. The Balaban J connectivity index is 2.04. The van der Waals surface area contributed by atoms with E-state index >= 15 is 0 Å². The zero-order valence-electron chi connectivity index (χ0n) is 17.3. The standard InChI is InChI=1S/C20H39N5O/c1-5-18(6-2)19(24-10-8-9-11-24)16-22-20(21-7-3)25-14-12-23(13-15-25)17(4)26/h18-19H,5-16H2,1-4H3,(H,21,22). The van der Waals surface area contributed by atoms with Gasteiger partial charge >= 0.3 is 0 Å². The number of likely N-dealkylation sites (tertiary alicyclic amines) is 1. The van der Waals surface area contributed by atoms with Gasteiger partial charge in [-0.05, 0) is 38.8 Å². The van der Waals surface area contributed by atoms with Crippen LogP contribution in [0.4, 0.5) is 0 Å². The summed E-state index contributed by atoms with van der Waals surface area (Å²) in [5.74, 6) is 1.91. The summed E-state index contributed by atoms with van der Waals surface area (Å²) in [6, 6.07) is 0.555. The SMILES string of the molecule is CCNC(=NCC(C(CC)CC)N1CCCC1)N1CCN(C(C)=O)CC1. The fraction of sp³-hybridized carbons (Fsp3) is 0.900. The Morgan fingerprint density at radius 1 is 0.962 bits per heavy atom. The predicted octanol–water partition coefficient (Wildman–Crippen LogP) is 2.02. The van der Waals surface area contributed by atoms with Crippen molar-refractivity contribution in [2.24, 2.45) is 10.9 Å². The molecule has 2 heterocycles. The van der Waals surface area contributed by atoms with Gasteiger partial charge in [0.1, 0.15) is 0 Å². The van der Waals surface area contributed by atoms with Crippen LogP contribution in [0.25, 0.3) is 0 Å². The number of carbonyl (C=O) groups excluding carboxylic acids is 1. The maximum Gasteiger partial charge on any atom is 0.219 e. The number of amides is 1. The van der Waals surface area contributed by atoms with E-state index in [2.05, 4.69) is 35.9 Å². The summed E-state index contributed by atoms with van der Waals surface area (Å²) < 4.78 is 0. The van der Waals surface area contributed by atoms with Gasteiger partial charge in [-0.2, -0.15) is 0 Å². The van der Waals surface area contributed by atoms with Gasteiger partial charge in [0.2, 0.25) is 5.91 Å². The van der Waals surface area contributed by atoms with Crippen molar-refractivity contribution in [2.75, 3.05) is 52.4 Å². The Hall–Kier alpha value is -1.30. The first-order valence-electron chi connectivity index (χ1n) is 10.6. The van der Waals surface area contributed by atoms with E-state index in [-0.39, 0.29) is 5.91 Å². The summed E-state index contributed by atoms with van der Waals surface area (Å²) in [5.41, 5.74) is 0. The molecule has 0 spiro atoms. The quantitative estimate of drug-likeness (QED) is 0.554. The van der Waals surface area contributed by atoms with Gasteiger partial charge in [0.05, 0.1) is 6.54 Å². The highest BCUT2D eigenvalue weighted by Crippen LogP contribution is 2.23. The van der Waals surface area contributed by atoms with Crippen LogP contribution in [0.1, 0.15) is 53.4 Å². The van der Waals surface area contributed by atoms with Crippen molar-refractivity contribution in [3.8, 4) is 0 Å². The lowest BCUT2D eigenvalue weighted by molar-refractivity contribution is -0.130. The summed E-state index contributed by atoms with van der Waals surface area (Å²) >= 11 is 0. The van der Waals surface area contributed by atoms with Gasteiger partial charge in [-0.25, -0.2) is 0 Å². The monoisotopic (exact) mass is 365 g/mol. The molecule has 6 nitrogen and oxygen atoms in total. The normalized spacial score (nSPS) is 20.7. The van der Waals surface area contributed by atoms with Crippen LogP contribution in [0.2, 0.25) is 0 Å². The molecule has 0 bridgehead atoms. The van der Waals surface area contributed by atoms with Crippen molar-refractivity contribution in [2.45, 2.75) is 59.4 Å². The van der Waals surface area contributed by atoms with Gasteiger partial charge in [-0.15, -0.1) is 0 Å². The van der Waals surface area contributed by atoms with Gasteiger partial charge in [-0.1, -0.05) is 26.7 Å². The number of guanidine groups is 1. The number of hydrogen-bond acceptors (Lipinski definition) is 3. The van der Waals surface area contributed by atoms with Crippen molar-refractivity contribution in [1.29, 1.82) is 0 Å². The van der Waals surface area contributed by atoms with Crippen LogP contribution in [0, 0.1) is 5.92 Å². The van der Waals surface area contributed by atoms with Crippen LogP contribution in [-0.4, -0.2) is 85.0 Å². The number of rotatable bonds is 7. The van der Waals surface area contributed by atoms with Gasteiger partial charge in [0, 0.05) is 45.7 Å². The summed E-state index contributed by atoms with van der Waals surface area (Å²) in [5, 5.41) is 3.47.